The summed E-state index contributed by atoms with van der Waals surface area (Å²) in [5.74, 6) is -0.329. The third kappa shape index (κ3) is 5.96. The Kier molecular flexibility index (Phi) is 8.84. The normalized spacial score (nSPS) is 18.9. The van der Waals surface area contributed by atoms with Gasteiger partial charge in [-0.3, -0.25) is 24.5 Å². The molecule has 2 aliphatic heterocycles. The molecule has 2 heterocycles. The lowest BCUT2D eigenvalue weighted by Crippen LogP contribution is -2.37. The lowest BCUT2D eigenvalue weighted by Gasteiger charge is -2.29. The molecule has 0 aromatic heterocycles. The van der Waals surface area contributed by atoms with Gasteiger partial charge in [0.15, 0.2) is 17.6 Å². The number of non-ortho nitro benzene ring substituents is 1. The number of ether oxygens (including phenoxy) is 3. The maximum absolute atomic E-state index is 14.1. The van der Waals surface area contributed by atoms with Crippen molar-refractivity contribution in [3.8, 4) is 17.2 Å². The van der Waals surface area contributed by atoms with Crippen molar-refractivity contribution in [1.82, 2.24) is 0 Å². The van der Waals surface area contributed by atoms with Gasteiger partial charge in [-0.05, 0) is 66.9 Å². The van der Waals surface area contributed by atoms with Gasteiger partial charge in [0.25, 0.3) is 11.6 Å². The Hall–Kier alpha value is -5.42. The van der Waals surface area contributed by atoms with Crippen LogP contribution in [0.3, 0.4) is 0 Å². The van der Waals surface area contributed by atoms with E-state index in [0.717, 1.165) is 16.9 Å². The molecular formula is C35H33N3O8. The van der Waals surface area contributed by atoms with Crippen LogP contribution in [0.4, 0.5) is 17.1 Å². The number of carbonyl (C=O) groups excluding carboxylic acids is 2. The van der Waals surface area contributed by atoms with Crippen molar-refractivity contribution in [2.24, 2.45) is 5.92 Å². The molecule has 46 heavy (non-hydrogen) atoms. The van der Waals surface area contributed by atoms with Gasteiger partial charge in [-0.15, -0.1) is 0 Å². The van der Waals surface area contributed by atoms with Crippen LogP contribution in [-0.2, 0) is 21.0 Å². The molecule has 3 atom stereocenters. The van der Waals surface area contributed by atoms with Crippen molar-refractivity contribution < 1.29 is 33.6 Å². The highest BCUT2D eigenvalue weighted by molar-refractivity contribution is 6.24. The lowest BCUT2D eigenvalue weighted by atomic mass is 9.90. The Morgan fingerprint density at radius 1 is 0.804 bits per heavy atom. The van der Waals surface area contributed by atoms with E-state index in [4.69, 9.17) is 19.0 Å². The van der Waals surface area contributed by atoms with Crippen molar-refractivity contribution in [3.05, 3.63) is 118 Å². The maximum Gasteiger partial charge on any atom is 0.271 e. The number of carbonyl (C=O) groups is 2. The molecule has 0 bridgehead atoms. The average molecular weight is 624 g/mol. The van der Waals surface area contributed by atoms with Crippen LogP contribution in [0.2, 0.25) is 0 Å². The molecule has 2 fully saturated rings. The fourth-order valence-electron chi connectivity index (χ4n) is 5.72. The second-order valence-corrected chi connectivity index (χ2v) is 10.9. The average Bonchev–Trinajstić information content (AvgIpc) is 3.59. The number of fused-ring (bicyclic) bond motifs is 1. The van der Waals surface area contributed by atoms with Crippen molar-refractivity contribution in [1.29, 1.82) is 0 Å². The predicted octanol–water partition coefficient (Wildman–Crippen LogP) is 6.41. The topological polar surface area (TPSA) is 121 Å². The monoisotopic (exact) mass is 623 g/mol. The standard InChI is InChI=1S/C35H33N3O8/c1-3-19-44-28-16-14-25(15-17-28)36-34(39)31-32(37(46-33(31)35(36)40)26-11-8-12-27(21-26)38(41)42)24-13-18-29(30(20-24)43-4-2)45-22-23-9-6-5-7-10-23/h5-18,20-21,31-33H,3-4,19,22H2,1-2H3/t31-,32+,33-/m0/s1. The molecule has 0 unspecified atom stereocenters. The second-order valence-electron chi connectivity index (χ2n) is 10.9. The fourth-order valence-corrected chi connectivity index (χ4v) is 5.72. The van der Waals surface area contributed by atoms with Crippen LogP contribution in [0.5, 0.6) is 17.2 Å². The van der Waals surface area contributed by atoms with Gasteiger partial charge < -0.3 is 14.2 Å². The number of nitro benzene ring substituents is 1. The predicted molar refractivity (Wildman–Crippen MR) is 170 cm³/mol. The maximum atomic E-state index is 14.1. The summed E-state index contributed by atoms with van der Waals surface area (Å²) in [4.78, 5) is 46.4. The zero-order chi connectivity index (χ0) is 32.2. The van der Waals surface area contributed by atoms with E-state index in [1.54, 1.807) is 48.5 Å². The Bertz CT molecular complexity index is 1730. The molecular weight excluding hydrogens is 590 g/mol. The second kappa shape index (κ2) is 13.3. The van der Waals surface area contributed by atoms with E-state index in [9.17, 15) is 19.7 Å². The van der Waals surface area contributed by atoms with Crippen molar-refractivity contribution in [2.75, 3.05) is 23.2 Å². The number of nitrogens with zero attached hydrogens (tertiary/aromatic N) is 3. The third-order valence-corrected chi connectivity index (χ3v) is 7.82. The minimum Gasteiger partial charge on any atom is -0.494 e. The SMILES string of the molecule is CCCOc1ccc(N2C(=O)[C@@H]3[C@H](ON(c4cccc([N+](=O)[O-])c4)[C@@H]3c3ccc(OCc4ccccc4)c(OCC)c3)C2=O)cc1. The van der Waals surface area contributed by atoms with Gasteiger partial charge in [0, 0.05) is 12.1 Å². The summed E-state index contributed by atoms with van der Waals surface area (Å²) in [5.41, 5.74) is 2.18. The number of rotatable bonds is 12. The summed E-state index contributed by atoms with van der Waals surface area (Å²) < 4.78 is 17.7. The van der Waals surface area contributed by atoms with Gasteiger partial charge in [0.2, 0.25) is 5.91 Å². The molecule has 0 aliphatic carbocycles. The Labute approximate surface area is 266 Å². The van der Waals surface area contributed by atoms with Gasteiger partial charge in [-0.1, -0.05) is 49.4 Å². The first-order valence-corrected chi connectivity index (χ1v) is 15.1. The Balaban J connectivity index is 1.37. The molecule has 2 amide bonds. The van der Waals surface area contributed by atoms with E-state index in [1.165, 1.54) is 23.3 Å². The van der Waals surface area contributed by atoms with Gasteiger partial charge in [0.05, 0.1) is 35.6 Å². The van der Waals surface area contributed by atoms with E-state index >= 15 is 0 Å². The van der Waals surface area contributed by atoms with Gasteiger partial charge in [-0.25, -0.2) is 9.96 Å². The molecule has 236 valence electrons. The Morgan fingerprint density at radius 2 is 1.59 bits per heavy atom. The Morgan fingerprint density at radius 3 is 2.30 bits per heavy atom. The first kappa shape index (κ1) is 30.6. The van der Waals surface area contributed by atoms with Crippen molar-refractivity contribution in [2.45, 2.75) is 39.0 Å². The highest BCUT2D eigenvalue weighted by atomic mass is 16.7. The third-order valence-electron chi connectivity index (χ3n) is 7.82. The molecule has 2 aliphatic rings. The molecule has 11 nitrogen and oxygen atoms in total. The summed E-state index contributed by atoms with van der Waals surface area (Å²) in [5, 5.41) is 13.0. The van der Waals surface area contributed by atoms with Crippen LogP contribution < -0.4 is 24.2 Å². The van der Waals surface area contributed by atoms with Crippen LogP contribution in [0.15, 0.2) is 97.1 Å². The van der Waals surface area contributed by atoms with E-state index in [2.05, 4.69) is 0 Å². The summed E-state index contributed by atoms with van der Waals surface area (Å²) in [6.45, 7) is 5.09. The zero-order valence-electron chi connectivity index (χ0n) is 25.4. The van der Waals surface area contributed by atoms with Gasteiger partial charge in [0.1, 0.15) is 18.3 Å². The smallest absolute Gasteiger partial charge is 0.271 e. The molecule has 6 rings (SSSR count). The molecule has 0 saturated carbocycles. The van der Waals surface area contributed by atoms with Gasteiger partial charge >= 0.3 is 0 Å². The highest BCUT2D eigenvalue weighted by Gasteiger charge is 2.60. The number of hydrogen-bond donors (Lipinski definition) is 0. The zero-order valence-corrected chi connectivity index (χ0v) is 25.4. The summed E-state index contributed by atoms with van der Waals surface area (Å²) in [6, 6.07) is 26.9. The molecule has 4 aromatic rings. The first-order chi connectivity index (χ1) is 22.4. The van der Waals surface area contributed by atoms with Gasteiger partial charge in [-0.2, -0.15) is 0 Å². The number of hydrogen-bond acceptors (Lipinski definition) is 9. The van der Waals surface area contributed by atoms with E-state index < -0.39 is 34.8 Å². The van der Waals surface area contributed by atoms with Crippen LogP contribution in [0, 0.1) is 16.0 Å². The number of imide groups is 1. The molecule has 0 radical (unpaired) electrons. The summed E-state index contributed by atoms with van der Waals surface area (Å²) in [7, 11) is 0. The molecule has 2 saturated heterocycles. The van der Waals surface area contributed by atoms with E-state index in [0.29, 0.717) is 54.0 Å². The highest BCUT2D eigenvalue weighted by Crippen LogP contribution is 2.49. The number of benzene rings is 4. The summed E-state index contributed by atoms with van der Waals surface area (Å²) >= 11 is 0. The fraction of sp³-hybridized carbons (Fsp3) is 0.257. The van der Waals surface area contributed by atoms with Crippen LogP contribution in [-0.4, -0.2) is 36.1 Å². The number of hydroxylamine groups is 1. The molecule has 11 heteroatoms. The van der Waals surface area contributed by atoms with Crippen LogP contribution in [0.1, 0.15) is 37.4 Å². The quantitative estimate of drug-likeness (QED) is 0.100. The molecule has 4 aromatic carbocycles. The van der Waals surface area contributed by atoms with E-state index in [-0.39, 0.29) is 5.69 Å². The first-order valence-electron chi connectivity index (χ1n) is 15.1. The number of nitro groups is 1. The van der Waals surface area contributed by atoms with Crippen molar-refractivity contribution in [3.63, 3.8) is 0 Å². The number of amides is 2. The van der Waals surface area contributed by atoms with Crippen molar-refractivity contribution >= 4 is 28.9 Å². The minimum atomic E-state index is -1.16. The summed E-state index contributed by atoms with van der Waals surface area (Å²) in [6.07, 6.45) is -0.309. The van der Waals surface area contributed by atoms with Crippen LogP contribution in [0.25, 0.3) is 0 Å². The lowest BCUT2D eigenvalue weighted by molar-refractivity contribution is -0.384. The van der Waals surface area contributed by atoms with Crippen LogP contribution >= 0.6 is 0 Å². The van der Waals surface area contributed by atoms with E-state index in [1.807, 2.05) is 44.2 Å². The molecule has 0 N–H and O–H groups in total. The largest absolute Gasteiger partial charge is 0.494 e. The number of anilines is 2. The minimum absolute atomic E-state index is 0.152. The molecule has 0 spiro atoms.